The minimum absolute atomic E-state index is 0.220. The third-order valence-electron chi connectivity index (χ3n) is 2.12. The Morgan fingerprint density at radius 2 is 2.46 bits per heavy atom. The van der Waals surface area contributed by atoms with E-state index in [4.69, 9.17) is 5.11 Å². The van der Waals surface area contributed by atoms with Crippen molar-refractivity contribution in [2.24, 2.45) is 0 Å². The van der Waals surface area contributed by atoms with E-state index in [0.717, 1.165) is 12.8 Å². The van der Waals surface area contributed by atoms with Gasteiger partial charge in [-0.25, -0.2) is 9.59 Å². The molecule has 1 fully saturated rings. The van der Waals surface area contributed by atoms with E-state index in [0.29, 0.717) is 6.54 Å². The number of rotatable bonds is 4. The van der Waals surface area contributed by atoms with Crippen LogP contribution in [-0.4, -0.2) is 41.1 Å². The minimum atomic E-state index is -0.936. The van der Waals surface area contributed by atoms with Crippen LogP contribution in [0.4, 0.5) is 4.79 Å². The quantitative estimate of drug-likeness (QED) is 0.661. The Bertz CT molecular complexity index is 217. The predicted molar refractivity (Wildman–Crippen MR) is 46.4 cm³/mol. The molecule has 1 unspecified atom stereocenters. The highest BCUT2D eigenvalue weighted by Gasteiger charge is 2.34. The highest BCUT2D eigenvalue weighted by Crippen LogP contribution is 2.08. The average molecular weight is 186 g/mol. The summed E-state index contributed by atoms with van der Waals surface area (Å²) >= 11 is 0. The fourth-order valence-corrected chi connectivity index (χ4v) is 1.34. The van der Waals surface area contributed by atoms with Crippen molar-refractivity contribution in [1.82, 2.24) is 10.2 Å². The minimum Gasteiger partial charge on any atom is -0.480 e. The zero-order valence-corrected chi connectivity index (χ0v) is 7.62. The first kappa shape index (κ1) is 9.83. The van der Waals surface area contributed by atoms with E-state index >= 15 is 0 Å². The maximum Gasteiger partial charge on any atom is 0.328 e. The fourth-order valence-electron chi connectivity index (χ4n) is 1.34. The lowest BCUT2D eigenvalue weighted by atomic mass is 10.2. The average Bonchev–Trinajstić information content (AvgIpc) is 2.43. The molecule has 1 aliphatic rings. The zero-order valence-electron chi connectivity index (χ0n) is 7.62. The summed E-state index contributed by atoms with van der Waals surface area (Å²) in [6.07, 6.45) is 1.80. The van der Waals surface area contributed by atoms with E-state index < -0.39 is 12.0 Å². The number of hydrogen-bond donors (Lipinski definition) is 2. The molecular formula is C8H14N2O3. The largest absolute Gasteiger partial charge is 0.480 e. The van der Waals surface area contributed by atoms with Crippen LogP contribution in [0.3, 0.4) is 0 Å². The third-order valence-corrected chi connectivity index (χ3v) is 2.12. The second kappa shape index (κ2) is 4.11. The highest BCUT2D eigenvalue weighted by atomic mass is 16.4. The lowest BCUT2D eigenvalue weighted by molar-refractivity contribution is -0.141. The molecule has 5 nitrogen and oxygen atoms in total. The lowest BCUT2D eigenvalue weighted by Crippen LogP contribution is -2.40. The molecule has 0 aliphatic carbocycles. The molecule has 13 heavy (non-hydrogen) atoms. The van der Waals surface area contributed by atoms with Crippen LogP contribution in [0, 0.1) is 0 Å². The van der Waals surface area contributed by atoms with Gasteiger partial charge < -0.3 is 15.3 Å². The topological polar surface area (TPSA) is 69.6 Å². The van der Waals surface area contributed by atoms with Crippen molar-refractivity contribution in [2.45, 2.75) is 25.8 Å². The number of amides is 2. The standard InChI is InChI=1S/C8H14N2O3/c1-2-3-4-10-6(7(11)12)5-9-8(10)13/h6H,2-5H2,1H3,(H,9,13)(H,11,12). The number of carbonyl (C=O) groups is 2. The molecule has 1 saturated heterocycles. The number of carboxylic acids is 1. The van der Waals surface area contributed by atoms with Gasteiger partial charge in [-0.3, -0.25) is 0 Å². The Morgan fingerprint density at radius 3 is 3.00 bits per heavy atom. The molecule has 0 bridgehead atoms. The van der Waals surface area contributed by atoms with Gasteiger partial charge in [-0.05, 0) is 6.42 Å². The summed E-state index contributed by atoms with van der Waals surface area (Å²) in [4.78, 5) is 23.2. The summed E-state index contributed by atoms with van der Waals surface area (Å²) in [5, 5.41) is 11.3. The van der Waals surface area contributed by atoms with Gasteiger partial charge in [0.15, 0.2) is 0 Å². The molecule has 0 aromatic heterocycles. The van der Waals surface area contributed by atoms with Crippen LogP contribution in [0.15, 0.2) is 0 Å². The first-order chi connectivity index (χ1) is 6.16. The Balaban J connectivity index is 2.55. The monoisotopic (exact) mass is 186 g/mol. The maximum atomic E-state index is 11.1. The van der Waals surface area contributed by atoms with Gasteiger partial charge in [0, 0.05) is 6.54 Å². The number of aliphatic carboxylic acids is 1. The Hall–Kier alpha value is -1.26. The summed E-state index contributed by atoms with van der Waals surface area (Å²) in [5.74, 6) is -0.936. The van der Waals surface area contributed by atoms with E-state index in [1.807, 2.05) is 6.92 Å². The fraction of sp³-hybridized carbons (Fsp3) is 0.750. The molecule has 2 amide bonds. The van der Waals surface area contributed by atoms with E-state index in [1.54, 1.807) is 0 Å². The van der Waals surface area contributed by atoms with E-state index in [1.165, 1.54) is 4.90 Å². The predicted octanol–water partition coefficient (Wildman–Crippen LogP) is 0.265. The molecule has 1 aliphatic heterocycles. The number of nitrogens with one attached hydrogen (secondary N) is 1. The smallest absolute Gasteiger partial charge is 0.328 e. The van der Waals surface area contributed by atoms with Gasteiger partial charge >= 0.3 is 12.0 Å². The number of nitrogens with zero attached hydrogens (tertiary/aromatic N) is 1. The molecule has 0 spiro atoms. The van der Waals surface area contributed by atoms with Crippen LogP contribution in [0.25, 0.3) is 0 Å². The molecule has 0 radical (unpaired) electrons. The highest BCUT2D eigenvalue weighted by molar-refractivity contribution is 5.86. The van der Waals surface area contributed by atoms with Gasteiger partial charge in [0.2, 0.25) is 0 Å². The van der Waals surface area contributed by atoms with Gasteiger partial charge in [0.25, 0.3) is 0 Å². The zero-order chi connectivity index (χ0) is 9.84. The normalized spacial score (nSPS) is 21.8. The molecular weight excluding hydrogens is 172 g/mol. The van der Waals surface area contributed by atoms with Crippen molar-refractivity contribution >= 4 is 12.0 Å². The summed E-state index contributed by atoms with van der Waals surface area (Å²) in [6, 6.07) is -0.945. The third kappa shape index (κ3) is 2.11. The van der Waals surface area contributed by atoms with Crippen molar-refractivity contribution in [3.63, 3.8) is 0 Å². The van der Waals surface area contributed by atoms with Crippen molar-refractivity contribution in [2.75, 3.05) is 13.1 Å². The van der Waals surface area contributed by atoms with Crippen molar-refractivity contribution in [3.05, 3.63) is 0 Å². The first-order valence-corrected chi connectivity index (χ1v) is 4.44. The molecule has 1 heterocycles. The van der Waals surface area contributed by atoms with Gasteiger partial charge in [0.1, 0.15) is 6.04 Å². The summed E-state index contributed by atoms with van der Waals surface area (Å²) in [6.45, 7) is 2.75. The van der Waals surface area contributed by atoms with Crippen molar-refractivity contribution in [1.29, 1.82) is 0 Å². The number of carbonyl (C=O) groups excluding carboxylic acids is 1. The molecule has 5 heteroatoms. The molecule has 0 saturated carbocycles. The van der Waals surface area contributed by atoms with Crippen LogP contribution in [0.5, 0.6) is 0 Å². The van der Waals surface area contributed by atoms with E-state index in [9.17, 15) is 9.59 Å². The molecule has 2 N–H and O–H groups in total. The van der Waals surface area contributed by atoms with Gasteiger partial charge in [0.05, 0.1) is 6.54 Å². The van der Waals surface area contributed by atoms with E-state index in [-0.39, 0.29) is 12.6 Å². The van der Waals surface area contributed by atoms with Gasteiger partial charge in [-0.1, -0.05) is 13.3 Å². The maximum absolute atomic E-state index is 11.1. The molecule has 0 aromatic rings. The number of carboxylic acid groups (broad SMARTS) is 1. The van der Waals surface area contributed by atoms with Gasteiger partial charge in [-0.2, -0.15) is 0 Å². The van der Waals surface area contributed by atoms with Crippen LogP contribution in [-0.2, 0) is 4.79 Å². The number of hydrogen-bond acceptors (Lipinski definition) is 2. The SMILES string of the molecule is CCCCN1C(=O)NCC1C(=O)O. The summed E-state index contributed by atoms with van der Waals surface area (Å²) in [7, 11) is 0. The van der Waals surface area contributed by atoms with E-state index in [2.05, 4.69) is 5.32 Å². The molecule has 1 rings (SSSR count). The Morgan fingerprint density at radius 1 is 1.77 bits per heavy atom. The Kier molecular flexibility index (Phi) is 3.11. The number of unbranched alkanes of at least 4 members (excludes halogenated alkanes) is 1. The van der Waals surface area contributed by atoms with Gasteiger partial charge in [-0.15, -0.1) is 0 Å². The first-order valence-electron chi connectivity index (χ1n) is 4.44. The van der Waals surface area contributed by atoms with Crippen LogP contribution < -0.4 is 5.32 Å². The summed E-state index contributed by atoms with van der Waals surface area (Å²) in [5.41, 5.74) is 0. The van der Waals surface area contributed by atoms with Crippen molar-refractivity contribution < 1.29 is 14.7 Å². The number of urea groups is 1. The van der Waals surface area contributed by atoms with Crippen LogP contribution in [0.1, 0.15) is 19.8 Å². The molecule has 1 atom stereocenters. The van der Waals surface area contributed by atoms with Crippen molar-refractivity contribution in [3.8, 4) is 0 Å². The van der Waals surface area contributed by atoms with Crippen LogP contribution in [0.2, 0.25) is 0 Å². The summed E-state index contributed by atoms with van der Waals surface area (Å²) < 4.78 is 0. The lowest BCUT2D eigenvalue weighted by Gasteiger charge is -2.18. The second-order valence-electron chi connectivity index (χ2n) is 3.09. The molecule has 74 valence electrons. The van der Waals surface area contributed by atoms with Crippen LogP contribution >= 0.6 is 0 Å². The molecule has 0 aromatic carbocycles. The Labute approximate surface area is 76.7 Å². The second-order valence-corrected chi connectivity index (χ2v) is 3.09.